The quantitative estimate of drug-likeness (QED) is 0.0407. The Morgan fingerprint density at radius 2 is 0.604 bits per heavy atom. The van der Waals surface area contributed by atoms with Gasteiger partial charge in [0, 0.05) is 18.9 Å². The van der Waals surface area contributed by atoms with Crippen molar-refractivity contribution in [3.8, 4) is 0 Å². The molecule has 314 valence electrons. The van der Waals surface area contributed by atoms with E-state index in [0.717, 1.165) is 38.2 Å². The Labute approximate surface area is 319 Å². The Morgan fingerprint density at radius 3 is 0.887 bits per heavy atom. The van der Waals surface area contributed by atoms with Crippen molar-refractivity contribution in [1.29, 1.82) is 0 Å². The van der Waals surface area contributed by atoms with Gasteiger partial charge in [0.05, 0.1) is 158 Å². The zero-order valence-corrected chi connectivity index (χ0v) is 32.2. The van der Waals surface area contributed by atoms with E-state index in [-0.39, 0.29) is 26.1 Å². The van der Waals surface area contributed by atoms with Crippen LogP contribution in [-0.2, 0) is 76.0 Å². The van der Waals surface area contributed by atoms with Gasteiger partial charge in [0.25, 0.3) is 0 Å². The SMILES string of the molecule is O=C(CCC(=O)C(=O)O)OCCOCCOCCOCCOCCOCCOCCOCCOCCOCCOCCOCCOCCCCCCCl. The van der Waals surface area contributed by atoms with Crippen LogP contribution in [0.4, 0.5) is 0 Å². The first-order valence-corrected chi connectivity index (χ1v) is 19.0. The van der Waals surface area contributed by atoms with Crippen LogP contribution in [0.5, 0.6) is 0 Å². The molecule has 0 aromatic rings. The predicted molar refractivity (Wildman–Crippen MR) is 192 cm³/mol. The third-order valence-corrected chi connectivity index (χ3v) is 6.82. The fourth-order valence-corrected chi connectivity index (χ4v) is 3.97. The summed E-state index contributed by atoms with van der Waals surface area (Å²) in [4.78, 5) is 32.7. The Bertz CT molecular complexity index is 796. The molecule has 17 nitrogen and oxygen atoms in total. The molecule has 0 radical (unpaired) electrons. The number of carboxylic acids is 1. The van der Waals surface area contributed by atoms with Gasteiger partial charge in [-0.1, -0.05) is 12.8 Å². The molecule has 0 fully saturated rings. The molecule has 0 aliphatic rings. The first kappa shape index (κ1) is 51.4. The van der Waals surface area contributed by atoms with Crippen molar-refractivity contribution in [2.24, 2.45) is 0 Å². The zero-order chi connectivity index (χ0) is 38.6. The van der Waals surface area contributed by atoms with Crippen LogP contribution >= 0.6 is 11.6 Å². The number of ether oxygens (including phenoxy) is 13. The average molecular weight is 793 g/mol. The van der Waals surface area contributed by atoms with E-state index in [1.165, 1.54) is 0 Å². The average Bonchev–Trinajstić information content (AvgIpc) is 3.15. The lowest BCUT2D eigenvalue weighted by atomic mass is 10.2. The molecule has 0 saturated heterocycles. The second-order valence-electron chi connectivity index (χ2n) is 10.9. The summed E-state index contributed by atoms with van der Waals surface area (Å²) in [6, 6.07) is 0. The number of carboxylic acid groups (broad SMARTS) is 1. The van der Waals surface area contributed by atoms with Crippen molar-refractivity contribution >= 4 is 29.3 Å². The van der Waals surface area contributed by atoms with Gasteiger partial charge < -0.3 is 66.7 Å². The van der Waals surface area contributed by atoms with E-state index < -0.39 is 17.7 Å². The Balaban J connectivity index is 3.11. The summed E-state index contributed by atoms with van der Waals surface area (Å²) >= 11 is 5.65. The number of ketones is 1. The lowest BCUT2D eigenvalue weighted by Crippen LogP contribution is -2.17. The molecule has 1 N–H and O–H groups in total. The van der Waals surface area contributed by atoms with Crippen LogP contribution in [-0.4, -0.2) is 194 Å². The first-order valence-electron chi connectivity index (χ1n) is 18.5. The first-order chi connectivity index (χ1) is 26.1. The highest BCUT2D eigenvalue weighted by Gasteiger charge is 2.14. The Kier molecular flexibility index (Phi) is 43.5. The number of unbranched alkanes of at least 4 members (excludes halogenated alkanes) is 3. The van der Waals surface area contributed by atoms with Crippen LogP contribution in [0.15, 0.2) is 0 Å². The van der Waals surface area contributed by atoms with Gasteiger partial charge in [-0.3, -0.25) is 9.59 Å². The fraction of sp³-hybridized carbons (Fsp3) is 0.914. The van der Waals surface area contributed by atoms with Gasteiger partial charge in [-0.15, -0.1) is 11.6 Å². The van der Waals surface area contributed by atoms with Crippen molar-refractivity contribution in [3.63, 3.8) is 0 Å². The third-order valence-electron chi connectivity index (χ3n) is 6.55. The van der Waals surface area contributed by atoms with E-state index in [4.69, 9.17) is 78.3 Å². The van der Waals surface area contributed by atoms with E-state index in [1.807, 2.05) is 0 Å². The molecule has 0 unspecified atom stereocenters. The van der Waals surface area contributed by atoms with Crippen LogP contribution in [0.2, 0.25) is 0 Å². The molecule has 0 heterocycles. The minimum absolute atomic E-state index is 0.0120. The number of aliphatic carboxylic acids is 1. The van der Waals surface area contributed by atoms with Crippen LogP contribution in [0, 0.1) is 0 Å². The standard InChI is InChI=1S/C35H65ClO17/c36-7-3-1-2-4-8-41-9-10-42-11-12-43-13-14-44-15-16-45-17-18-46-19-20-47-21-22-48-23-24-49-25-26-50-27-28-51-29-30-52-31-32-53-34(38)6-5-33(37)35(39)40/h1-32H2,(H,39,40). The molecule has 0 bridgehead atoms. The topological polar surface area (TPSA) is 191 Å². The maximum Gasteiger partial charge on any atom is 0.372 e. The van der Waals surface area contributed by atoms with Crippen LogP contribution in [0.3, 0.4) is 0 Å². The molecule has 53 heavy (non-hydrogen) atoms. The third kappa shape index (κ3) is 44.7. The molecule has 0 aromatic carbocycles. The smallest absolute Gasteiger partial charge is 0.372 e. The highest BCUT2D eigenvalue weighted by atomic mass is 35.5. The zero-order valence-electron chi connectivity index (χ0n) is 31.5. The Morgan fingerprint density at radius 1 is 0.340 bits per heavy atom. The summed E-state index contributed by atoms with van der Waals surface area (Å²) in [6.07, 6.45) is 3.79. The van der Waals surface area contributed by atoms with E-state index >= 15 is 0 Å². The number of hydrogen-bond acceptors (Lipinski definition) is 16. The maximum absolute atomic E-state index is 11.4. The molecule has 0 aromatic heterocycles. The number of Topliss-reactive ketones (excluding diaryl/α,β-unsaturated/α-hetero) is 1. The van der Waals surface area contributed by atoms with Crippen LogP contribution in [0.25, 0.3) is 0 Å². The van der Waals surface area contributed by atoms with Gasteiger partial charge in [0.15, 0.2) is 0 Å². The predicted octanol–water partition coefficient (Wildman–Crippen LogP) is 1.96. The molecule has 0 saturated carbocycles. The molecule has 0 rings (SSSR count). The fourth-order valence-electron chi connectivity index (χ4n) is 3.78. The Hall–Kier alpha value is -1.58. The highest BCUT2D eigenvalue weighted by molar-refractivity contribution is 6.32. The number of hydrogen-bond donors (Lipinski definition) is 1. The highest BCUT2D eigenvalue weighted by Crippen LogP contribution is 2.01. The monoisotopic (exact) mass is 792 g/mol. The van der Waals surface area contributed by atoms with E-state index in [9.17, 15) is 14.4 Å². The number of carbonyl (C=O) groups is 3. The minimum Gasteiger partial charge on any atom is -0.476 e. The largest absolute Gasteiger partial charge is 0.476 e. The van der Waals surface area contributed by atoms with Crippen LogP contribution in [0.1, 0.15) is 38.5 Å². The molecule has 0 atom stereocenters. The van der Waals surface area contributed by atoms with Gasteiger partial charge in [-0.2, -0.15) is 0 Å². The second kappa shape index (κ2) is 44.8. The van der Waals surface area contributed by atoms with Crippen molar-refractivity contribution < 1.29 is 81.1 Å². The molecular formula is C35H65ClO17. The number of alkyl halides is 1. The van der Waals surface area contributed by atoms with Gasteiger partial charge in [-0.05, 0) is 12.8 Å². The van der Waals surface area contributed by atoms with E-state index in [0.29, 0.717) is 145 Å². The maximum atomic E-state index is 11.4. The number of carbonyl (C=O) groups excluding carboxylic acids is 2. The summed E-state index contributed by atoms with van der Waals surface area (Å²) in [5.74, 6) is -2.51. The molecule has 18 heteroatoms. The summed E-state index contributed by atoms with van der Waals surface area (Å²) in [5, 5.41) is 8.45. The molecule has 0 amide bonds. The number of esters is 1. The van der Waals surface area contributed by atoms with Crippen LogP contribution < -0.4 is 0 Å². The van der Waals surface area contributed by atoms with Gasteiger partial charge in [0.2, 0.25) is 5.78 Å². The van der Waals surface area contributed by atoms with Crippen molar-refractivity contribution in [1.82, 2.24) is 0 Å². The summed E-state index contributed by atoms with van der Waals surface area (Å²) in [7, 11) is 0. The normalized spacial score (nSPS) is 11.3. The van der Waals surface area contributed by atoms with E-state index in [2.05, 4.69) is 0 Å². The molecule has 0 aliphatic heterocycles. The van der Waals surface area contributed by atoms with Gasteiger partial charge in [0.1, 0.15) is 6.61 Å². The summed E-state index contributed by atoms with van der Waals surface area (Å²) in [6.45, 7) is 11.4. The van der Waals surface area contributed by atoms with Gasteiger partial charge in [-0.25, -0.2) is 4.79 Å². The molecule has 0 spiro atoms. The molecular weight excluding hydrogens is 728 g/mol. The summed E-state index contributed by atoms with van der Waals surface area (Å²) < 4.78 is 70.2. The second-order valence-corrected chi connectivity index (χ2v) is 11.3. The molecule has 0 aliphatic carbocycles. The van der Waals surface area contributed by atoms with Crippen molar-refractivity contribution in [3.05, 3.63) is 0 Å². The number of rotatable bonds is 46. The lowest BCUT2D eigenvalue weighted by molar-refractivity contribution is -0.151. The summed E-state index contributed by atoms with van der Waals surface area (Å²) in [5.41, 5.74) is 0. The van der Waals surface area contributed by atoms with E-state index in [1.54, 1.807) is 0 Å². The number of halogens is 1. The lowest BCUT2D eigenvalue weighted by Gasteiger charge is -2.09. The van der Waals surface area contributed by atoms with Crippen molar-refractivity contribution in [2.75, 3.05) is 171 Å². The minimum atomic E-state index is -1.56. The van der Waals surface area contributed by atoms with Gasteiger partial charge >= 0.3 is 11.9 Å². The van der Waals surface area contributed by atoms with Crippen molar-refractivity contribution in [2.45, 2.75) is 38.5 Å².